The lowest BCUT2D eigenvalue weighted by Gasteiger charge is -2.16. The molecule has 0 bridgehead atoms. The Bertz CT molecular complexity index is 386. The molecule has 0 aliphatic rings. The zero-order valence-electron chi connectivity index (χ0n) is 13.2. The van der Waals surface area contributed by atoms with Gasteiger partial charge in [-0.05, 0) is 51.2 Å². The summed E-state index contributed by atoms with van der Waals surface area (Å²) in [4.78, 5) is 0. The predicted octanol–water partition coefficient (Wildman–Crippen LogP) is 3.99. The Morgan fingerprint density at radius 2 is 1.62 bits per heavy atom. The van der Waals surface area contributed by atoms with Crippen molar-refractivity contribution in [1.29, 1.82) is 0 Å². The number of aryl methyl sites for hydroxylation is 1. The topological polar surface area (TPSA) is 58.9 Å². The summed E-state index contributed by atoms with van der Waals surface area (Å²) in [7, 11) is 0. The number of benzene rings is 1. The van der Waals surface area contributed by atoms with Crippen molar-refractivity contribution in [3.05, 3.63) is 23.8 Å². The molecule has 0 amide bonds. The third-order valence-electron chi connectivity index (χ3n) is 3.44. The number of hydrogen-bond donors (Lipinski definition) is 2. The maximum Gasteiger partial charge on any atom is 0.160 e. The highest BCUT2D eigenvalue weighted by Crippen LogP contribution is 2.29. The van der Waals surface area contributed by atoms with Crippen LogP contribution in [-0.2, 0) is 15.9 Å². The summed E-state index contributed by atoms with van der Waals surface area (Å²) in [5.74, 6) is -0.0194. The van der Waals surface area contributed by atoms with Gasteiger partial charge in [-0.2, -0.15) is 0 Å². The van der Waals surface area contributed by atoms with Crippen molar-refractivity contribution >= 4 is 0 Å². The van der Waals surface area contributed by atoms with Gasteiger partial charge in [-0.25, -0.2) is 0 Å². The molecule has 0 aliphatic heterocycles. The summed E-state index contributed by atoms with van der Waals surface area (Å²) in [6, 6.07) is 5.12. The van der Waals surface area contributed by atoms with E-state index in [0.717, 1.165) is 44.1 Å². The van der Waals surface area contributed by atoms with Crippen LogP contribution >= 0.6 is 0 Å². The van der Waals surface area contributed by atoms with E-state index in [2.05, 4.69) is 0 Å². The first-order valence-electron chi connectivity index (χ1n) is 7.92. The Morgan fingerprint density at radius 1 is 0.952 bits per heavy atom. The molecule has 120 valence electrons. The highest BCUT2D eigenvalue weighted by molar-refractivity contribution is 5.44. The molecular weight excluding hydrogens is 268 g/mol. The van der Waals surface area contributed by atoms with Crippen molar-refractivity contribution in [3.8, 4) is 11.5 Å². The lowest BCUT2D eigenvalue weighted by Crippen LogP contribution is -2.17. The molecule has 1 aromatic rings. The van der Waals surface area contributed by atoms with Crippen LogP contribution in [0.1, 0.15) is 51.5 Å². The number of phenolic OH excluding ortho intramolecular Hbond substituents is 2. The normalized spacial score (nSPS) is 11.2. The Hall–Kier alpha value is -1.26. The quantitative estimate of drug-likeness (QED) is 0.368. The van der Waals surface area contributed by atoms with Gasteiger partial charge in [0, 0.05) is 13.2 Å². The minimum Gasteiger partial charge on any atom is -0.504 e. The first-order chi connectivity index (χ1) is 10.2. The maximum absolute atomic E-state index is 9.71. The van der Waals surface area contributed by atoms with Gasteiger partial charge in [0.15, 0.2) is 17.8 Å². The number of ether oxygens (including phenoxy) is 2. The van der Waals surface area contributed by atoms with Gasteiger partial charge in [-0.15, -0.1) is 0 Å². The van der Waals surface area contributed by atoms with Crippen LogP contribution in [0.4, 0.5) is 0 Å². The summed E-state index contributed by atoms with van der Waals surface area (Å²) >= 11 is 0. The zero-order chi connectivity index (χ0) is 15.5. The Balaban J connectivity index is 2.15. The minimum absolute atomic E-state index is 0.0188. The SMILES string of the molecule is CCOC(CCCCCCc1cccc(O)c1O)OCC. The van der Waals surface area contributed by atoms with Crippen LogP contribution in [0.5, 0.6) is 11.5 Å². The summed E-state index contributed by atoms with van der Waals surface area (Å²) in [6.07, 6.45) is 5.95. The fourth-order valence-electron chi connectivity index (χ4n) is 2.35. The van der Waals surface area contributed by atoms with Crippen LogP contribution in [-0.4, -0.2) is 29.7 Å². The number of para-hydroxylation sites is 1. The second-order valence-corrected chi connectivity index (χ2v) is 5.08. The Labute approximate surface area is 127 Å². The molecule has 21 heavy (non-hydrogen) atoms. The average Bonchev–Trinajstić information content (AvgIpc) is 2.47. The van der Waals surface area contributed by atoms with E-state index in [1.165, 1.54) is 6.07 Å². The smallest absolute Gasteiger partial charge is 0.160 e. The highest BCUT2D eigenvalue weighted by Gasteiger charge is 2.08. The summed E-state index contributed by atoms with van der Waals surface area (Å²) in [6.45, 7) is 5.32. The van der Waals surface area contributed by atoms with Gasteiger partial charge in [0.2, 0.25) is 0 Å². The number of unbranched alkanes of at least 4 members (excludes halogenated alkanes) is 3. The molecule has 0 aliphatic carbocycles. The molecule has 4 nitrogen and oxygen atoms in total. The van der Waals surface area contributed by atoms with E-state index >= 15 is 0 Å². The van der Waals surface area contributed by atoms with Crippen molar-refractivity contribution in [3.63, 3.8) is 0 Å². The summed E-state index contributed by atoms with van der Waals surface area (Å²) < 4.78 is 11.0. The molecular formula is C17H28O4. The monoisotopic (exact) mass is 296 g/mol. The molecule has 2 N–H and O–H groups in total. The molecule has 0 spiro atoms. The molecule has 0 saturated heterocycles. The second kappa shape index (κ2) is 10.5. The molecule has 1 aromatic carbocycles. The molecule has 0 heterocycles. The van der Waals surface area contributed by atoms with Crippen LogP contribution in [0.25, 0.3) is 0 Å². The third kappa shape index (κ3) is 6.82. The van der Waals surface area contributed by atoms with Crippen LogP contribution < -0.4 is 0 Å². The molecule has 0 saturated carbocycles. The lowest BCUT2D eigenvalue weighted by molar-refractivity contribution is -0.140. The Kier molecular flexibility index (Phi) is 8.87. The first-order valence-corrected chi connectivity index (χ1v) is 7.92. The number of aromatic hydroxyl groups is 2. The zero-order valence-corrected chi connectivity index (χ0v) is 13.2. The van der Waals surface area contributed by atoms with Crippen LogP contribution in [0.2, 0.25) is 0 Å². The minimum atomic E-state index is -0.0740. The van der Waals surface area contributed by atoms with Crippen molar-refractivity contribution in [2.24, 2.45) is 0 Å². The second-order valence-electron chi connectivity index (χ2n) is 5.08. The molecule has 1 rings (SSSR count). The van der Waals surface area contributed by atoms with E-state index in [9.17, 15) is 10.2 Å². The number of phenols is 2. The van der Waals surface area contributed by atoms with Gasteiger partial charge in [0.1, 0.15) is 0 Å². The van der Waals surface area contributed by atoms with Crippen LogP contribution in [0, 0.1) is 0 Å². The number of rotatable bonds is 11. The largest absolute Gasteiger partial charge is 0.504 e. The standard InChI is InChI=1S/C17H28O4/c1-3-20-16(21-4-2)13-8-6-5-7-10-14-11-9-12-15(18)17(14)19/h9,11-12,16,18-19H,3-8,10,13H2,1-2H3. The first kappa shape index (κ1) is 17.8. The predicted molar refractivity (Wildman–Crippen MR) is 83.6 cm³/mol. The molecule has 0 aromatic heterocycles. The Morgan fingerprint density at radius 3 is 2.29 bits per heavy atom. The van der Waals surface area contributed by atoms with Crippen molar-refractivity contribution in [2.45, 2.75) is 58.7 Å². The van der Waals surface area contributed by atoms with E-state index in [1.807, 2.05) is 19.9 Å². The van der Waals surface area contributed by atoms with E-state index in [0.29, 0.717) is 13.2 Å². The van der Waals surface area contributed by atoms with E-state index < -0.39 is 0 Å². The van der Waals surface area contributed by atoms with Gasteiger partial charge in [-0.3, -0.25) is 0 Å². The van der Waals surface area contributed by atoms with Crippen molar-refractivity contribution in [2.75, 3.05) is 13.2 Å². The molecule has 0 radical (unpaired) electrons. The van der Waals surface area contributed by atoms with E-state index in [4.69, 9.17) is 9.47 Å². The summed E-state index contributed by atoms with van der Waals surface area (Å²) in [5.41, 5.74) is 0.816. The van der Waals surface area contributed by atoms with Gasteiger partial charge in [0.05, 0.1) is 0 Å². The fraction of sp³-hybridized carbons (Fsp3) is 0.647. The molecule has 4 heteroatoms. The average molecular weight is 296 g/mol. The van der Waals surface area contributed by atoms with E-state index in [1.54, 1.807) is 6.07 Å². The van der Waals surface area contributed by atoms with Crippen molar-refractivity contribution in [1.82, 2.24) is 0 Å². The van der Waals surface area contributed by atoms with Crippen LogP contribution in [0.3, 0.4) is 0 Å². The van der Waals surface area contributed by atoms with Gasteiger partial charge < -0.3 is 19.7 Å². The van der Waals surface area contributed by atoms with Gasteiger partial charge >= 0.3 is 0 Å². The van der Waals surface area contributed by atoms with Crippen LogP contribution in [0.15, 0.2) is 18.2 Å². The van der Waals surface area contributed by atoms with Gasteiger partial charge in [-0.1, -0.05) is 25.0 Å². The van der Waals surface area contributed by atoms with Crippen molar-refractivity contribution < 1.29 is 19.7 Å². The highest BCUT2D eigenvalue weighted by atomic mass is 16.7. The maximum atomic E-state index is 9.71. The molecule has 0 unspecified atom stereocenters. The van der Waals surface area contributed by atoms with E-state index in [-0.39, 0.29) is 17.8 Å². The lowest BCUT2D eigenvalue weighted by atomic mass is 10.0. The summed E-state index contributed by atoms with van der Waals surface area (Å²) in [5, 5.41) is 19.1. The molecule has 0 fully saturated rings. The number of hydrogen-bond acceptors (Lipinski definition) is 4. The molecule has 0 atom stereocenters. The fourth-order valence-corrected chi connectivity index (χ4v) is 2.35. The third-order valence-corrected chi connectivity index (χ3v) is 3.44. The van der Waals surface area contributed by atoms with Gasteiger partial charge in [0.25, 0.3) is 0 Å².